The van der Waals surface area contributed by atoms with Crippen LogP contribution in [0.25, 0.3) is 6.08 Å². The first kappa shape index (κ1) is 24.4. The Morgan fingerprint density at radius 1 is 1.14 bits per heavy atom. The molecule has 0 spiro atoms. The van der Waals surface area contributed by atoms with Crippen LogP contribution < -0.4 is 5.73 Å². The SMILES string of the molecule is CCC[C@@H](C)[C@H](OC(=O)/C=C/c1ccccc1)[C@H](C)[C@H](O)C/C=C/C=C\C(N)=O. The van der Waals surface area contributed by atoms with Gasteiger partial charge in [-0.3, -0.25) is 4.79 Å². The first-order valence-corrected chi connectivity index (χ1v) is 10.1. The molecule has 5 heteroatoms. The van der Waals surface area contributed by atoms with Gasteiger partial charge >= 0.3 is 5.97 Å². The largest absolute Gasteiger partial charge is 0.459 e. The van der Waals surface area contributed by atoms with Crippen molar-refractivity contribution in [3.05, 3.63) is 66.3 Å². The summed E-state index contributed by atoms with van der Waals surface area (Å²) in [5.74, 6) is -1.05. The third-order valence-corrected chi connectivity index (χ3v) is 4.78. The fraction of sp³-hybridized carbons (Fsp3) is 0.417. The van der Waals surface area contributed by atoms with Crippen molar-refractivity contribution in [1.29, 1.82) is 0 Å². The van der Waals surface area contributed by atoms with Crippen molar-refractivity contribution in [1.82, 2.24) is 0 Å². The first-order chi connectivity index (χ1) is 13.8. The molecule has 0 bridgehead atoms. The Morgan fingerprint density at radius 3 is 2.45 bits per heavy atom. The van der Waals surface area contributed by atoms with E-state index in [2.05, 4.69) is 6.92 Å². The minimum atomic E-state index is -0.677. The molecule has 0 aliphatic rings. The number of ether oxygens (including phenoxy) is 1. The van der Waals surface area contributed by atoms with Gasteiger partial charge in [0, 0.05) is 18.1 Å². The van der Waals surface area contributed by atoms with Crippen molar-refractivity contribution in [3.8, 4) is 0 Å². The zero-order valence-electron chi connectivity index (χ0n) is 17.5. The Morgan fingerprint density at radius 2 is 1.83 bits per heavy atom. The summed E-state index contributed by atoms with van der Waals surface area (Å²) >= 11 is 0. The third-order valence-electron chi connectivity index (χ3n) is 4.78. The van der Waals surface area contributed by atoms with E-state index in [1.807, 2.05) is 44.2 Å². The van der Waals surface area contributed by atoms with Gasteiger partial charge in [0.2, 0.25) is 5.91 Å². The van der Waals surface area contributed by atoms with Gasteiger partial charge in [0.1, 0.15) is 6.10 Å². The highest BCUT2D eigenvalue weighted by atomic mass is 16.5. The molecule has 3 N–H and O–H groups in total. The molecule has 0 saturated heterocycles. The van der Waals surface area contributed by atoms with Crippen LogP contribution in [-0.2, 0) is 14.3 Å². The summed E-state index contributed by atoms with van der Waals surface area (Å²) in [4.78, 5) is 23.0. The molecule has 0 unspecified atom stereocenters. The van der Waals surface area contributed by atoms with Crippen LogP contribution in [0.2, 0.25) is 0 Å². The zero-order chi connectivity index (χ0) is 21.6. The highest BCUT2D eigenvalue weighted by Gasteiger charge is 2.30. The second kappa shape index (κ2) is 13.5. The zero-order valence-corrected chi connectivity index (χ0v) is 17.5. The van der Waals surface area contributed by atoms with Crippen LogP contribution in [0.1, 0.15) is 45.6 Å². The topological polar surface area (TPSA) is 89.6 Å². The molecule has 0 fully saturated rings. The minimum Gasteiger partial charge on any atom is -0.459 e. The van der Waals surface area contributed by atoms with Crippen LogP contribution in [0.3, 0.4) is 0 Å². The monoisotopic (exact) mass is 399 g/mol. The molecule has 0 heterocycles. The van der Waals surface area contributed by atoms with E-state index < -0.39 is 24.1 Å². The molecule has 5 nitrogen and oxygen atoms in total. The molecule has 0 aliphatic heterocycles. The van der Waals surface area contributed by atoms with Gasteiger partial charge in [-0.25, -0.2) is 4.79 Å². The standard InChI is InChI=1S/C24H33NO4/c1-4-11-18(2)24(19(3)21(26)14-9-6-10-15-22(25)27)29-23(28)17-16-20-12-7-5-8-13-20/h5-10,12-13,15-19,21,24,26H,4,11,14H2,1-3H3,(H2,25,27)/b9-6+,15-10-,17-16+/t18-,19-,21-,24+/m1/s1. The number of rotatable bonds is 12. The number of esters is 1. The van der Waals surface area contributed by atoms with Crippen molar-refractivity contribution < 1.29 is 19.4 Å². The predicted octanol–water partition coefficient (Wildman–Crippen LogP) is 4.03. The maximum atomic E-state index is 12.4. The normalized spacial score (nSPS) is 16.1. The van der Waals surface area contributed by atoms with Gasteiger partial charge in [0.05, 0.1) is 6.10 Å². The van der Waals surface area contributed by atoms with Gasteiger partial charge in [-0.15, -0.1) is 0 Å². The van der Waals surface area contributed by atoms with Gasteiger partial charge in [-0.2, -0.15) is 0 Å². The molecule has 0 radical (unpaired) electrons. The van der Waals surface area contributed by atoms with Crippen molar-refractivity contribution in [3.63, 3.8) is 0 Å². The van der Waals surface area contributed by atoms with Gasteiger partial charge in [-0.05, 0) is 30.4 Å². The van der Waals surface area contributed by atoms with Crippen LogP contribution in [0, 0.1) is 11.8 Å². The second-order valence-electron chi connectivity index (χ2n) is 7.26. The molecular weight excluding hydrogens is 366 g/mol. The molecule has 1 rings (SSSR count). The summed E-state index contributed by atoms with van der Waals surface area (Å²) in [6, 6.07) is 9.54. The molecule has 1 amide bonds. The molecule has 158 valence electrons. The number of aliphatic hydroxyl groups is 1. The number of carbonyl (C=O) groups is 2. The van der Waals surface area contributed by atoms with E-state index in [-0.39, 0.29) is 11.8 Å². The quantitative estimate of drug-likeness (QED) is 0.315. The summed E-state index contributed by atoms with van der Waals surface area (Å²) in [6.45, 7) is 6.01. The smallest absolute Gasteiger partial charge is 0.331 e. The van der Waals surface area contributed by atoms with E-state index in [1.165, 1.54) is 18.2 Å². The first-order valence-electron chi connectivity index (χ1n) is 10.1. The van der Waals surface area contributed by atoms with E-state index in [4.69, 9.17) is 10.5 Å². The van der Waals surface area contributed by atoms with Crippen LogP contribution in [-0.4, -0.2) is 29.2 Å². The van der Waals surface area contributed by atoms with Gasteiger partial charge in [0.15, 0.2) is 0 Å². The Bertz CT molecular complexity index is 709. The summed E-state index contributed by atoms with van der Waals surface area (Å²) < 4.78 is 5.74. The maximum absolute atomic E-state index is 12.4. The molecule has 0 aliphatic carbocycles. The molecule has 1 aromatic carbocycles. The summed E-state index contributed by atoms with van der Waals surface area (Å²) in [7, 11) is 0. The predicted molar refractivity (Wildman–Crippen MR) is 117 cm³/mol. The second-order valence-corrected chi connectivity index (χ2v) is 7.26. The minimum absolute atomic E-state index is 0.123. The summed E-state index contributed by atoms with van der Waals surface area (Å²) in [6.07, 6.45) is 10.5. The lowest BCUT2D eigenvalue weighted by Crippen LogP contribution is -2.37. The van der Waals surface area contributed by atoms with Gasteiger partial charge in [-0.1, -0.05) is 75.8 Å². The molecule has 0 saturated carbocycles. The number of hydrogen-bond acceptors (Lipinski definition) is 4. The highest BCUT2D eigenvalue weighted by molar-refractivity contribution is 5.87. The number of nitrogens with two attached hydrogens (primary N) is 1. The Labute approximate surface area is 174 Å². The van der Waals surface area contributed by atoms with Gasteiger partial charge in [0.25, 0.3) is 0 Å². The van der Waals surface area contributed by atoms with Crippen LogP contribution >= 0.6 is 0 Å². The van der Waals surface area contributed by atoms with Gasteiger partial charge < -0.3 is 15.6 Å². The molecule has 29 heavy (non-hydrogen) atoms. The lowest BCUT2D eigenvalue weighted by atomic mass is 9.85. The molecule has 4 atom stereocenters. The number of benzene rings is 1. The number of primary amides is 1. The van der Waals surface area contributed by atoms with Crippen LogP contribution in [0.15, 0.2) is 60.7 Å². The molecule has 1 aromatic rings. The average molecular weight is 400 g/mol. The average Bonchev–Trinajstić information content (AvgIpc) is 2.70. The van der Waals surface area contributed by atoms with E-state index >= 15 is 0 Å². The fourth-order valence-electron chi connectivity index (χ4n) is 3.14. The van der Waals surface area contributed by atoms with E-state index in [1.54, 1.807) is 18.2 Å². The summed E-state index contributed by atoms with van der Waals surface area (Å²) in [5.41, 5.74) is 5.95. The Hall–Kier alpha value is -2.66. The van der Waals surface area contributed by atoms with Crippen molar-refractivity contribution in [2.24, 2.45) is 17.6 Å². The lowest BCUT2D eigenvalue weighted by Gasteiger charge is -2.31. The van der Waals surface area contributed by atoms with Crippen molar-refractivity contribution >= 4 is 18.0 Å². The number of aliphatic hydroxyl groups excluding tert-OH is 1. The number of hydrogen-bond donors (Lipinski definition) is 2. The van der Waals surface area contributed by atoms with E-state index in [9.17, 15) is 14.7 Å². The highest BCUT2D eigenvalue weighted by Crippen LogP contribution is 2.25. The van der Waals surface area contributed by atoms with E-state index in [0.29, 0.717) is 6.42 Å². The van der Waals surface area contributed by atoms with Crippen molar-refractivity contribution in [2.45, 2.75) is 52.2 Å². The van der Waals surface area contributed by atoms with Crippen molar-refractivity contribution in [2.75, 3.05) is 0 Å². The third kappa shape index (κ3) is 9.90. The molecular formula is C24H33NO4. The number of carbonyl (C=O) groups excluding carboxylic acids is 2. The Kier molecular flexibility index (Phi) is 11.4. The van der Waals surface area contributed by atoms with E-state index in [0.717, 1.165) is 18.4 Å². The number of amides is 1. The molecule has 0 aromatic heterocycles. The fourth-order valence-corrected chi connectivity index (χ4v) is 3.14. The summed E-state index contributed by atoms with van der Waals surface area (Å²) in [5, 5.41) is 10.6. The maximum Gasteiger partial charge on any atom is 0.331 e. The van der Waals surface area contributed by atoms with Crippen LogP contribution in [0.4, 0.5) is 0 Å². The Balaban J connectivity index is 2.75. The van der Waals surface area contributed by atoms with Crippen LogP contribution in [0.5, 0.6) is 0 Å². The lowest BCUT2D eigenvalue weighted by molar-refractivity contribution is -0.151. The number of allylic oxidation sites excluding steroid dienone is 2.